The molecule has 0 amide bonds. The molecule has 1 aliphatic rings. The first kappa shape index (κ1) is 11.6. The lowest BCUT2D eigenvalue weighted by atomic mass is 9.72. The highest BCUT2D eigenvalue weighted by molar-refractivity contribution is 5.36. The summed E-state index contributed by atoms with van der Waals surface area (Å²) in [7, 11) is 0. The van der Waals surface area contributed by atoms with E-state index in [4.69, 9.17) is 0 Å². The van der Waals surface area contributed by atoms with Crippen LogP contribution in [-0.4, -0.2) is 0 Å². The fraction of sp³-hybridized carbons (Fsp3) is 0.714. The van der Waals surface area contributed by atoms with Crippen LogP contribution in [0.25, 0.3) is 0 Å². The summed E-state index contributed by atoms with van der Waals surface area (Å²) in [6, 6.07) is 0. The van der Waals surface area contributed by atoms with Crippen LogP contribution >= 0.6 is 0 Å². The van der Waals surface area contributed by atoms with Gasteiger partial charge in [0.05, 0.1) is 0 Å². The van der Waals surface area contributed by atoms with Crippen LogP contribution in [0.5, 0.6) is 0 Å². The Morgan fingerprint density at radius 3 is 2.57 bits per heavy atom. The van der Waals surface area contributed by atoms with Gasteiger partial charge in [0.2, 0.25) is 0 Å². The van der Waals surface area contributed by atoms with Gasteiger partial charge in [-0.1, -0.05) is 45.4 Å². The van der Waals surface area contributed by atoms with E-state index in [2.05, 4.69) is 46.8 Å². The fourth-order valence-corrected chi connectivity index (χ4v) is 2.22. The molecule has 0 saturated carbocycles. The molecule has 0 atom stereocenters. The van der Waals surface area contributed by atoms with Gasteiger partial charge in [0.1, 0.15) is 0 Å². The third kappa shape index (κ3) is 2.73. The maximum atomic E-state index is 2.45. The topological polar surface area (TPSA) is 0 Å². The molecule has 0 spiro atoms. The van der Waals surface area contributed by atoms with Crippen LogP contribution in [-0.2, 0) is 0 Å². The second kappa shape index (κ2) is 4.33. The van der Waals surface area contributed by atoms with Gasteiger partial charge in [0.25, 0.3) is 0 Å². The second-order valence-corrected chi connectivity index (χ2v) is 5.56. The summed E-state index contributed by atoms with van der Waals surface area (Å²) < 4.78 is 0. The first-order chi connectivity index (χ1) is 6.43. The highest BCUT2D eigenvalue weighted by Gasteiger charge is 2.26. The molecule has 0 aliphatic heterocycles. The van der Waals surface area contributed by atoms with Crippen molar-refractivity contribution in [3.63, 3.8) is 0 Å². The zero-order valence-corrected chi connectivity index (χ0v) is 10.4. The van der Waals surface area contributed by atoms with E-state index in [1.54, 1.807) is 5.57 Å². The molecule has 0 fully saturated rings. The van der Waals surface area contributed by atoms with Crippen LogP contribution in [0.1, 0.15) is 53.9 Å². The first-order valence-electron chi connectivity index (χ1n) is 5.81. The Bertz CT molecular complexity index is 251. The normalized spacial score (nSPS) is 24.1. The number of rotatable bonds is 2. The second-order valence-electron chi connectivity index (χ2n) is 5.56. The van der Waals surface area contributed by atoms with Crippen LogP contribution in [0.15, 0.2) is 23.3 Å². The minimum atomic E-state index is 0.397. The summed E-state index contributed by atoms with van der Waals surface area (Å²) in [5.41, 5.74) is 3.48. The van der Waals surface area contributed by atoms with Gasteiger partial charge in [-0.3, -0.25) is 0 Å². The molecule has 0 saturated heterocycles. The molecule has 0 unspecified atom stereocenters. The van der Waals surface area contributed by atoms with E-state index in [9.17, 15) is 0 Å². The quantitative estimate of drug-likeness (QED) is 0.593. The van der Waals surface area contributed by atoms with Crippen molar-refractivity contribution >= 4 is 0 Å². The Balaban J connectivity index is 2.85. The maximum Gasteiger partial charge on any atom is -0.0101 e. The van der Waals surface area contributed by atoms with Crippen LogP contribution < -0.4 is 0 Å². The molecule has 0 nitrogen and oxygen atoms in total. The number of allylic oxidation sites excluding steroid dienone is 4. The Labute approximate surface area is 89.1 Å². The van der Waals surface area contributed by atoms with Crippen molar-refractivity contribution in [2.24, 2.45) is 11.3 Å². The molecular formula is C14H24. The third-order valence-corrected chi connectivity index (χ3v) is 3.17. The van der Waals surface area contributed by atoms with Crippen molar-refractivity contribution in [2.45, 2.75) is 53.9 Å². The van der Waals surface area contributed by atoms with Crippen LogP contribution in [0.4, 0.5) is 0 Å². The van der Waals surface area contributed by atoms with Crippen LogP contribution in [0.2, 0.25) is 0 Å². The van der Waals surface area contributed by atoms with Gasteiger partial charge >= 0.3 is 0 Å². The van der Waals surface area contributed by atoms with E-state index < -0.39 is 0 Å². The SMILES string of the molecule is CC1=CCCC(C)(C)/C1=C/CC(C)C. The molecule has 0 heteroatoms. The average Bonchev–Trinajstić information content (AvgIpc) is 2.01. The highest BCUT2D eigenvalue weighted by atomic mass is 14.3. The van der Waals surface area contributed by atoms with Crippen LogP contribution in [0.3, 0.4) is 0 Å². The number of hydrogen-bond donors (Lipinski definition) is 0. The zero-order chi connectivity index (χ0) is 10.8. The average molecular weight is 192 g/mol. The molecule has 1 aliphatic carbocycles. The molecule has 1 rings (SSSR count). The summed E-state index contributed by atoms with van der Waals surface area (Å²) in [5.74, 6) is 0.771. The molecule has 0 radical (unpaired) electrons. The Morgan fingerprint density at radius 1 is 1.43 bits per heavy atom. The molecule has 0 bridgehead atoms. The van der Waals surface area contributed by atoms with Crippen molar-refractivity contribution in [2.75, 3.05) is 0 Å². The Kier molecular flexibility index (Phi) is 3.58. The van der Waals surface area contributed by atoms with Crippen molar-refractivity contribution < 1.29 is 0 Å². The predicted octanol–water partition coefficient (Wildman–Crippen LogP) is 4.73. The minimum absolute atomic E-state index is 0.397. The largest absolute Gasteiger partial charge is 0.0813 e. The molecule has 80 valence electrons. The summed E-state index contributed by atoms with van der Waals surface area (Å²) in [5, 5.41) is 0. The van der Waals surface area contributed by atoms with Gasteiger partial charge < -0.3 is 0 Å². The van der Waals surface area contributed by atoms with Crippen molar-refractivity contribution in [1.82, 2.24) is 0 Å². The molecule has 0 aromatic carbocycles. The lowest BCUT2D eigenvalue weighted by Crippen LogP contribution is -2.19. The van der Waals surface area contributed by atoms with E-state index in [0.717, 1.165) is 5.92 Å². The summed E-state index contributed by atoms with van der Waals surface area (Å²) >= 11 is 0. The van der Waals surface area contributed by atoms with E-state index in [-0.39, 0.29) is 0 Å². The first-order valence-corrected chi connectivity index (χ1v) is 5.81. The Hall–Kier alpha value is -0.520. The molecule has 0 aromatic rings. The zero-order valence-electron chi connectivity index (χ0n) is 10.4. The lowest BCUT2D eigenvalue weighted by molar-refractivity contribution is 0.401. The van der Waals surface area contributed by atoms with Gasteiger partial charge in [-0.2, -0.15) is 0 Å². The van der Waals surface area contributed by atoms with E-state index >= 15 is 0 Å². The molecular weight excluding hydrogens is 168 g/mol. The van der Waals surface area contributed by atoms with Crippen molar-refractivity contribution in [1.29, 1.82) is 0 Å². The fourth-order valence-electron chi connectivity index (χ4n) is 2.22. The van der Waals surface area contributed by atoms with Gasteiger partial charge in [-0.15, -0.1) is 0 Å². The standard InChI is InChI=1S/C14H24/c1-11(2)8-9-13-12(3)7-6-10-14(13,4)5/h7,9,11H,6,8,10H2,1-5H3/b13-9+. The van der Waals surface area contributed by atoms with Gasteiger partial charge in [0.15, 0.2) is 0 Å². The van der Waals surface area contributed by atoms with Crippen LogP contribution in [0, 0.1) is 11.3 Å². The molecule has 14 heavy (non-hydrogen) atoms. The summed E-state index contributed by atoms with van der Waals surface area (Å²) in [6.45, 7) is 11.6. The molecule has 0 aromatic heterocycles. The predicted molar refractivity (Wildman–Crippen MR) is 64.3 cm³/mol. The molecule has 0 N–H and O–H groups in total. The van der Waals surface area contributed by atoms with Crippen molar-refractivity contribution in [3.05, 3.63) is 23.3 Å². The summed E-state index contributed by atoms with van der Waals surface area (Å²) in [4.78, 5) is 0. The third-order valence-electron chi connectivity index (χ3n) is 3.17. The van der Waals surface area contributed by atoms with Gasteiger partial charge in [-0.05, 0) is 43.1 Å². The maximum absolute atomic E-state index is 2.45. The van der Waals surface area contributed by atoms with E-state index in [1.165, 1.54) is 24.8 Å². The number of hydrogen-bond acceptors (Lipinski definition) is 0. The monoisotopic (exact) mass is 192 g/mol. The van der Waals surface area contributed by atoms with Crippen molar-refractivity contribution in [3.8, 4) is 0 Å². The van der Waals surface area contributed by atoms with Gasteiger partial charge in [0, 0.05) is 0 Å². The smallest absolute Gasteiger partial charge is 0.0101 e. The Morgan fingerprint density at radius 2 is 2.07 bits per heavy atom. The highest BCUT2D eigenvalue weighted by Crippen LogP contribution is 2.40. The van der Waals surface area contributed by atoms with E-state index in [1.807, 2.05) is 0 Å². The molecule has 0 heterocycles. The van der Waals surface area contributed by atoms with E-state index in [0.29, 0.717) is 5.41 Å². The summed E-state index contributed by atoms with van der Waals surface area (Å²) in [6.07, 6.45) is 8.60. The van der Waals surface area contributed by atoms with Gasteiger partial charge in [-0.25, -0.2) is 0 Å². The minimum Gasteiger partial charge on any atom is -0.0813 e. The lowest BCUT2D eigenvalue weighted by Gasteiger charge is -2.32.